The van der Waals surface area contributed by atoms with Gasteiger partial charge in [-0.2, -0.15) is 0 Å². The van der Waals surface area contributed by atoms with Gasteiger partial charge in [0.05, 0.1) is 0 Å². The highest BCUT2D eigenvalue weighted by Crippen LogP contribution is 2.41. The summed E-state index contributed by atoms with van der Waals surface area (Å²) in [5.74, 6) is 1.02. The van der Waals surface area contributed by atoms with Crippen LogP contribution in [0, 0.1) is 0 Å². The van der Waals surface area contributed by atoms with Crippen LogP contribution in [-0.4, -0.2) is 0 Å². The zero-order valence-corrected chi connectivity index (χ0v) is 30.1. The second-order valence-corrected chi connectivity index (χ2v) is 14.3. The summed E-state index contributed by atoms with van der Waals surface area (Å²) < 4.78 is 6.64. The summed E-state index contributed by atoms with van der Waals surface area (Å²) in [6, 6.07) is 61.3. The molecule has 0 saturated carbocycles. The van der Waals surface area contributed by atoms with Crippen LogP contribution >= 0.6 is 0 Å². The van der Waals surface area contributed by atoms with E-state index >= 15 is 0 Å². The number of hydrogen-bond acceptors (Lipinski definition) is 2. The predicted octanol–water partition coefficient (Wildman–Crippen LogP) is 14.2. The number of anilines is 2. The Bertz CT molecular complexity index is 2720. The molecule has 0 fully saturated rings. The fourth-order valence-electron chi connectivity index (χ4n) is 8.38. The lowest BCUT2D eigenvalue weighted by Gasteiger charge is -2.30. The highest BCUT2D eigenvalue weighted by molar-refractivity contribution is 5.95. The predicted molar refractivity (Wildman–Crippen MR) is 227 cm³/mol. The highest BCUT2D eigenvalue weighted by atomic mass is 16.3. The Hall–Kier alpha value is -6.64. The summed E-state index contributed by atoms with van der Waals surface area (Å²) >= 11 is 0. The molecule has 0 aliphatic heterocycles. The van der Waals surface area contributed by atoms with Crippen LogP contribution in [0.5, 0.6) is 0 Å². The number of rotatable bonds is 7. The Labute approximate surface area is 316 Å². The van der Waals surface area contributed by atoms with E-state index in [4.69, 9.17) is 4.42 Å². The van der Waals surface area contributed by atoms with Crippen molar-refractivity contribution in [2.75, 3.05) is 4.90 Å². The van der Waals surface area contributed by atoms with Gasteiger partial charge < -0.3 is 9.32 Å². The van der Waals surface area contributed by atoms with Crippen LogP contribution in [0.25, 0.3) is 55.1 Å². The van der Waals surface area contributed by atoms with Gasteiger partial charge in [-0.3, -0.25) is 0 Å². The van der Waals surface area contributed by atoms with E-state index in [0.717, 1.165) is 54.0 Å². The first-order valence-electron chi connectivity index (χ1n) is 19.0. The second-order valence-electron chi connectivity index (χ2n) is 14.3. The van der Waals surface area contributed by atoms with E-state index in [1.807, 2.05) is 0 Å². The van der Waals surface area contributed by atoms with Gasteiger partial charge in [-0.15, -0.1) is 0 Å². The molecule has 0 atom stereocenters. The quantitative estimate of drug-likeness (QED) is 0.165. The van der Waals surface area contributed by atoms with Crippen molar-refractivity contribution in [3.8, 4) is 22.3 Å². The van der Waals surface area contributed by atoms with Crippen LogP contribution in [0.1, 0.15) is 41.7 Å². The molecular weight excluding hydrogens is 655 g/mol. The smallest absolute Gasteiger partial charge is 0.138 e. The number of hydrogen-bond donors (Lipinski definition) is 0. The average molecular weight is 694 g/mol. The number of aryl methyl sites for hydroxylation is 1. The highest BCUT2D eigenvalue weighted by Gasteiger charge is 2.23. The standard InChI is InChI=1S/C52H39NO/c1-3-11-36(12-4-1)37-21-28-43(29-22-37)53(45-32-25-41(26-33-45)47-18-9-16-39-15-7-8-17-46(39)47)44-30-23-38(24-31-44)42-27-34-49-50-20-10-19-48(40-13-5-2-6-14-40)52(50)54-51(49)35-42/h1-9,11-19,21-25,27-32,34-35H,10,20,26,33H2. The van der Waals surface area contributed by atoms with E-state index in [1.54, 1.807) is 0 Å². The van der Waals surface area contributed by atoms with Gasteiger partial charge in [0.1, 0.15) is 11.3 Å². The molecule has 0 amide bonds. The molecule has 0 bridgehead atoms. The zero-order chi connectivity index (χ0) is 35.8. The van der Waals surface area contributed by atoms with Gasteiger partial charge in [-0.05, 0) is 112 Å². The lowest BCUT2D eigenvalue weighted by Crippen LogP contribution is -2.17. The number of fused-ring (bicyclic) bond motifs is 4. The van der Waals surface area contributed by atoms with Crippen molar-refractivity contribution in [1.82, 2.24) is 0 Å². The maximum atomic E-state index is 6.64. The van der Waals surface area contributed by atoms with Crippen molar-refractivity contribution < 1.29 is 4.42 Å². The topological polar surface area (TPSA) is 16.4 Å². The van der Waals surface area contributed by atoms with Gasteiger partial charge in [0, 0.05) is 33.6 Å². The first-order chi connectivity index (χ1) is 26.8. The van der Waals surface area contributed by atoms with Crippen molar-refractivity contribution in [3.05, 3.63) is 216 Å². The Morgan fingerprint density at radius 3 is 1.81 bits per heavy atom. The maximum Gasteiger partial charge on any atom is 0.138 e. The van der Waals surface area contributed by atoms with E-state index in [1.165, 1.54) is 66.4 Å². The third kappa shape index (κ3) is 5.87. The van der Waals surface area contributed by atoms with Crippen LogP contribution in [0.4, 0.5) is 11.4 Å². The molecule has 0 spiro atoms. The molecule has 2 aliphatic carbocycles. The average Bonchev–Trinajstić information content (AvgIpc) is 3.63. The lowest BCUT2D eigenvalue weighted by atomic mass is 9.91. The third-order valence-corrected chi connectivity index (χ3v) is 11.1. The van der Waals surface area contributed by atoms with Crippen molar-refractivity contribution in [1.29, 1.82) is 0 Å². The Morgan fingerprint density at radius 1 is 0.463 bits per heavy atom. The first-order valence-corrected chi connectivity index (χ1v) is 19.0. The van der Waals surface area contributed by atoms with Gasteiger partial charge in [-0.25, -0.2) is 0 Å². The molecule has 0 unspecified atom stereocenters. The monoisotopic (exact) mass is 693 g/mol. The SMILES string of the molecule is C1=C(c2ccccc2)c2oc3cc(-c4ccc(N(C5=CC=C(c6cccc7ccccc67)CC5)c5ccc(-c6ccccc6)cc5)cc4)ccc3c2CC1. The molecule has 54 heavy (non-hydrogen) atoms. The zero-order valence-electron chi connectivity index (χ0n) is 30.1. The minimum Gasteiger partial charge on any atom is -0.456 e. The van der Waals surface area contributed by atoms with Gasteiger partial charge >= 0.3 is 0 Å². The number of nitrogens with zero attached hydrogens (tertiary/aromatic N) is 1. The summed E-state index contributed by atoms with van der Waals surface area (Å²) in [6.45, 7) is 0. The molecule has 1 heterocycles. The summed E-state index contributed by atoms with van der Waals surface area (Å²) in [7, 11) is 0. The van der Waals surface area contributed by atoms with Gasteiger partial charge in [0.15, 0.2) is 0 Å². The second kappa shape index (κ2) is 13.7. The number of furan rings is 1. The van der Waals surface area contributed by atoms with E-state index in [0.29, 0.717) is 0 Å². The van der Waals surface area contributed by atoms with Gasteiger partial charge in [0.2, 0.25) is 0 Å². The molecule has 2 nitrogen and oxygen atoms in total. The summed E-state index contributed by atoms with van der Waals surface area (Å²) in [6.07, 6.45) is 10.9. The van der Waals surface area contributed by atoms with Crippen LogP contribution in [0.2, 0.25) is 0 Å². The Balaban J connectivity index is 0.998. The van der Waals surface area contributed by atoms with Crippen molar-refractivity contribution in [2.45, 2.75) is 25.7 Å². The largest absolute Gasteiger partial charge is 0.456 e. The minimum absolute atomic E-state index is 0.941. The fraction of sp³-hybridized carbons (Fsp3) is 0.0769. The molecule has 10 rings (SSSR count). The number of benzene rings is 7. The molecule has 0 saturated heterocycles. The van der Waals surface area contributed by atoms with E-state index in [2.05, 4.69) is 193 Å². The van der Waals surface area contributed by atoms with Crippen LogP contribution in [0.15, 0.2) is 198 Å². The normalized spacial score (nSPS) is 14.0. The molecule has 258 valence electrons. The van der Waals surface area contributed by atoms with Crippen LogP contribution in [0.3, 0.4) is 0 Å². The van der Waals surface area contributed by atoms with Gasteiger partial charge in [0.25, 0.3) is 0 Å². The number of allylic oxidation sites excluding steroid dienone is 5. The first kappa shape index (κ1) is 32.0. The molecule has 7 aromatic carbocycles. The van der Waals surface area contributed by atoms with E-state index in [9.17, 15) is 0 Å². The minimum atomic E-state index is 0.941. The molecule has 2 aliphatic rings. The van der Waals surface area contributed by atoms with Crippen LogP contribution < -0.4 is 4.90 Å². The Kier molecular flexibility index (Phi) is 8.15. The summed E-state index contributed by atoms with van der Waals surface area (Å²) in [4.78, 5) is 2.43. The van der Waals surface area contributed by atoms with E-state index < -0.39 is 0 Å². The molecular formula is C52H39NO. The lowest BCUT2D eigenvalue weighted by molar-refractivity contribution is 0.591. The van der Waals surface area contributed by atoms with Crippen molar-refractivity contribution in [2.24, 2.45) is 0 Å². The molecule has 2 heteroatoms. The maximum absolute atomic E-state index is 6.64. The Morgan fingerprint density at radius 2 is 1.09 bits per heavy atom. The van der Waals surface area contributed by atoms with Gasteiger partial charge in [-0.1, -0.05) is 152 Å². The molecule has 8 aromatic rings. The van der Waals surface area contributed by atoms with Crippen molar-refractivity contribution in [3.63, 3.8) is 0 Å². The van der Waals surface area contributed by atoms with E-state index in [-0.39, 0.29) is 0 Å². The fourth-order valence-corrected chi connectivity index (χ4v) is 8.38. The third-order valence-electron chi connectivity index (χ3n) is 11.1. The summed E-state index contributed by atoms with van der Waals surface area (Å²) in [5.41, 5.74) is 15.7. The van der Waals surface area contributed by atoms with Crippen LogP contribution in [-0.2, 0) is 6.42 Å². The molecule has 1 aromatic heterocycles. The summed E-state index contributed by atoms with van der Waals surface area (Å²) in [5, 5.41) is 3.82. The van der Waals surface area contributed by atoms with Crippen molar-refractivity contribution >= 4 is 44.3 Å². The molecule has 0 N–H and O–H groups in total. The molecule has 0 radical (unpaired) electrons.